The largest absolute Gasteiger partial charge is 0.475 e. The Kier molecular flexibility index (Phi) is 6.98. The molecule has 0 fully saturated rings. The molecule has 18 heavy (non-hydrogen) atoms. The summed E-state index contributed by atoms with van der Waals surface area (Å²) in [6.07, 6.45) is 3.14. The Morgan fingerprint density at radius 2 is 2.11 bits per heavy atom. The number of carbonyl (C=O) groups excluding carboxylic acids is 1. The third kappa shape index (κ3) is 5.25. The van der Waals surface area contributed by atoms with Crippen LogP contribution in [0.25, 0.3) is 0 Å². The second-order valence-corrected chi connectivity index (χ2v) is 3.82. The highest BCUT2D eigenvalue weighted by Gasteiger charge is 2.02. The van der Waals surface area contributed by atoms with E-state index in [1.807, 2.05) is 6.92 Å². The summed E-state index contributed by atoms with van der Waals surface area (Å²) in [5.74, 6) is 0.543. The topological polar surface area (TPSA) is 57.6 Å². The van der Waals surface area contributed by atoms with Crippen molar-refractivity contribution < 1.29 is 19.0 Å². The molecule has 0 N–H and O–H groups in total. The van der Waals surface area contributed by atoms with Gasteiger partial charge in [-0.1, -0.05) is 0 Å². The van der Waals surface area contributed by atoms with Gasteiger partial charge in [0.2, 0.25) is 5.88 Å². The normalized spacial score (nSPS) is 10.3. The van der Waals surface area contributed by atoms with Gasteiger partial charge in [-0.3, -0.25) is 4.79 Å². The van der Waals surface area contributed by atoms with E-state index >= 15 is 0 Å². The molecule has 0 unspecified atom stereocenters. The van der Waals surface area contributed by atoms with Gasteiger partial charge in [0.05, 0.1) is 6.61 Å². The zero-order valence-corrected chi connectivity index (χ0v) is 10.8. The number of aldehydes is 1. The molecule has 0 aliphatic rings. The summed E-state index contributed by atoms with van der Waals surface area (Å²) in [6.45, 7) is 4.18. The molecule has 0 aliphatic heterocycles. The van der Waals surface area contributed by atoms with Gasteiger partial charge in [0.15, 0.2) is 6.29 Å². The molecule has 0 amide bonds. The molecule has 100 valence electrons. The number of methoxy groups -OCH3 is 1. The number of nitrogens with zero attached hydrogens (tertiary/aromatic N) is 1. The number of carbonyl (C=O) groups is 1. The number of aryl methyl sites for hydroxylation is 1. The molecule has 0 bridgehead atoms. The molecule has 0 radical (unpaired) electrons. The lowest BCUT2D eigenvalue weighted by Gasteiger charge is -2.08. The Labute approximate surface area is 107 Å². The minimum Gasteiger partial charge on any atom is -0.475 e. The average molecular weight is 253 g/mol. The quantitative estimate of drug-likeness (QED) is 0.494. The number of ether oxygens (including phenoxy) is 3. The van der Waals surface area contributed by atoms with E-state index in [0.29, 0.717) is 37.9 Å². The second-order valence-electron chi connectivity index (χ2n) is 3.82. The fraction of sp³-hybridized carbons (Fsp3) is 0.538. The summed E-state index contributed by atoms with van der Waals surface area (Å²) < 4.78 is 15.7. The molecule has 0 saturated carbocycles. The van der Waals surface area contributed by atoms with Crippen molar-refractivity contribution in [2.24, 2.45) is 0 Å². The van der Waals surface area contributed by atoms with E-state index in [1.54, 1.807) is 13.2 Å². The van der Waals surface area contributed by atoms with Crippen molar-refractivity contribution in [3.63, 3.8) is 0 Å². The SMILES string of the molecule is COCCCOCCOc1ncc(C=O)cc1C. The van der Waals surface area contributed by atoms with Gasteiger partial charge in [0.25, 0.3) is 0 Å². The first-order chi connectivity index (χ1) is 8.77. The van der Waals surface area contributed by atoms with Crippen molar-refractivity contribution in [3.05, 3.63) is 23.4 Å². The Bertz CT molecular complexity index is 368. The molecular weight excluding hydrogens is 234 g/mol. The number of hydrogen-bond acceptors (Lipinski definition) is 5. The summed E-state index contributed by atoms with van der Waals surface area (Å²) in [7, 11) is 1.67. The van der Waals surface area contributed by atoms with Gasteiger partial charge in [-0.2, -0.15) is 0 Å². The second kappa shape index (κ2) is 8.60. The lowest BCUT2D eigenvalue weighted by molar-refractivity contribution is 0.0793. The van der Waals surface area contributed by atoms with E-state index < -0.39 is 0 Å². The van der Waals surface area contributed by atoms with Gasteiger partial charge in [-0.25, -0.2) is 4.98 Å². The summed E-state index contributed by atoms with van der Waals surface area (Å²) >= 11 is 0. The number of pyridine rings is 1. The minimum absolute atomic E-state index is 0.446. The van der Waals surface area contributed by atoms with Crippen LogP contribution in [0.1, 0.15) is 22.3 Å². The Balaban J connectivity index is 2.21. The van der Waals surface area contributed by atoms with Crippen molar-refractivity contribution >= 4 is 6.29 Å². The van der Waals surface area contributed by atoms with Crippen LogP contribution < -0.4 is 4.74 Å². The van der Waals surface area contributed by atoms with Crippen LogP contribution in [-0.4, -0.2) is 44.8 Å². The highest BCUT2D eigenvalue weighted by atomic mass is 16.5. The fourth-order valence-electron chi connectivity index (χ4n) is 1.40. The molecule has 1 rings (SSSR count). The van der Waals surface area contributed by atoms with E-state index in [2.05, 4.69) is 4.98 Å². The number of rotatable bonds is 9. The first-order valence-electron chi connectivity index (χ1n) is 5.89. The lowest BCUT2D eigenvalue weighted by atomic mass is 10.2. The van der Waals surface area contributed by atoms with Gasteiger partial charge < -0.3 is 14.2 Å². The molecule has 1 heterocycles. The third-order valence-corrected chi connectivity index (χ3v) is 2.29. The highest BCUT2D eigenvalue weighted by Crippen LogP contribution is 2.14. The fourth-order valence-corrected chi connectivity index (χ4v) is 1.40. The maximum absolute atomic E-state index is 10.5. The van der Waals surface area contributed by atoms with Crippen LogP contribution in [0.3, 0.4) is 0 Å². The van der Waals surface area contributed by atoms with Crippen LogP contribution in [0, 0.1) is 6.92 Å². The van der Waals surface area contributed by atoms with E-state index in [9.17, 15) is 4.79 Å². The number of aromatic nitrogens is 1. The van der Waals surface area contributed by atoms with Crippen LogP contribution >= 0.6 is 0 Å². The van der Waals surface area contributed by atoms with Crippen molar-refractivity contribution in [1.82, 2.24) is 4.98 Å². The Morgan fingerprint density at radius 1 is 1.28 bits per heavy atom. The molecular formula is C13H19NO4. The lowest BCUT2D eigenvalue weighted by Crippen LogP contribution is -2.10. The van der Waals surface area contributed by atoms with Gasteiger partial charge >= 0.3 is 0 Å². The molecule has 5 nitrogen and oxygen atoms in total. The van der Waals surface area contributed by atoms with E-state index in [-0.39, 0.29) is 0 Å². The first kappa shape index (κ1) is 14.6. The van der Waals surface area contributed by atoms with Gasteiger partial charge in [-0.15, -0.1) is 0 Å². The van der Waals surface area contributed by atoms with Crippen LogP contribution in [0.15, 0.2) is 12.3 Å². The summed E-state index contributed by atoms with van der Waals surface area (Å²) in [5.41, 5.74) is 1.40. The summed E-state index contributed by atoms with van der Waals surface area (Å²) in [4.78, 5) is 14.6. The van der Waals surface area contributed by atoms with Crippen LogP contribution in [0.4, 0.5) is 0 Å². The predicted molar refractivity (Wildman–Crippen MR) is 67.2 cm³/mol. The molecule has 1 aromatic rings. The van der Waals surface area contributed by atoms with E-state index in [1.165, 1.54) is 6.20 Å². The van der Waals surface area contributed by atoms with Crippen molar-refractivity contribution in [1.29, 1.82) is 0 Å². The molecule has 0 aliphatic carbocycles. The van der Waals surface area contributed by atoms with Crippen molar-refractivity contribution in [2.75, 3.05) is 33.5 Å². The highest BCUT2D eigenvalue weighted by molar-refractivity contribution is 5.74. The standard InChI is InChI=1S/C13H19NO4/c1-11-8-12(10-15)9-14-13(11)18-7-6-17-5-3-4-16-2/h8-10H,3-7H2,1-2H3. The van der Waals surface area contributed by atoms with Crippen molar-refractivity contribution in [3.8, 4) is 5.88 Å². The van der Waals surface area contributed by atoms with E-state index in [4.69, 9.17) is 14.2 Å². The minimum atomic E-state index is 0.446. The maximum atomic E-state index is 10.5. The van der Waals surface area contributed by atoms with Gasteiger partial charge in [0, 0.05) is 37.6 Å². The first-order valence-corrected chi connectivity index (χ1v) is 5.89. The third-order valence-electron chi connectivity index (χ3n) is 2.29. The molecule has 0 aromatic carbocycles. The smallest absolute Gasteiger partial charge is 0.216 e. The monoisotopic (exact) mass is 253 g/mol. The molecule has 5 heteroatoms. The summed E-state index contributed by atoms with van der Waals surface area (Å²) in [5, 5.41) is 0. The Morgan fingerprint density at radius 3 is 2.78 bits per heavy atom. The average Bonchev–Trinajstić information content (AvgIpc) is 2.39. The molecule has 0 saturated heterocycles. The van der Waals surface area contributed by atoms with Gasteiger partial charge in [0.1, 0.15) is 6.61 Å². The predicted octanol–water partition coefficient (Wildman–Crippen LogP) is 1.63. The zero-order valence-electron chi connectivity index (χ0n) is 10.8. The summed E-state index contributed by atoms with van der Waals surface area (Å²) in [6, 6.07) is 1.74. The molecule has 0 atom stereocenters. The zero-order chi connectivity index (χ0) is 13.2. The van der Waals surface area contributed by atoms with Crippen LogP contribution in [0.2, 0.25) is 0 Å². The maximum Gasteiger partial charge on any atom is 0.216 e. The van der Waals surface area contributed by atoms with Crippen LogP contribution in [0.5, 0.6) is 5.88 Å². The number of hydrogen-bond donors (Lipinski definition) is 0. The van der Waals surface area contributed by atoms with E-state index in [0.717, 1.165) is 18.3 Å². The van der Waals surface area contributed by atoms with Gasteiger partial charge in [-0.05, 0) is 19.4 Å². The van der Waals surface area contributed by atoms with Crippen LogP contribution in [-0.2, 0) is 9.47 Å². The Hall–Kier alpha value is -1.46. The van der Waals surface area contributed by atoms with Crippen molar-refractivity contribution in [2.45, 2.75) is 13.3 Å². The molecule has 1 aromatic heterocycles. The molecule has 0 spiro atoms.